The van der Waals surface area contributed by atoms with E-state index in [2.05, 4.69) is 181 Å². The first-order valence-corrected chi connectivity index (χ1v) is 18.7. The zero-order valence-corrected chi connectivity index (χ0v) is 29.8. The lowest BCUT2D eigenvalue weighted by molar-refractivity contribution is 0.669. The number of rotatable bonds is 6. The Bertz CT molecular complexity index is 3210. The van der Waals surface area contributed by atoms with Crippen LogP contribution >= 0.6 is 0 Å². The summed E-state index contributed by atoms with van der Waals surface area (Å²) in [6.07, 6.45) is 0. The van der Waals surface area contributed by atoms with E-state index in [1.54, 1.807) is 0 Å². The molecule has 55 heavy (non-hydrogen) atoms. The van der Waals surface area contributed by atoms with Crippen molar-refractivity contribution in [3.63, 3.8) is 0 Å². The molecule has 0 fully saturated rings. The van der Waals surface area contributed by atoms with Crippen LogP contribution in [-0.4, -0.2) is 0 Å². The number of para-hydroxylation sites is 3. The second-order valence-corrected chi connectivity index (χ2v) is 14.1. The van der Waals surface area contributed by atoms with Crippen LogP contribution in [-0.2, 0) is 0 Å². The highest BCUT2D eigenvalue weighted by atomic mass is 16.3. The van der Waals surface area contributed by atoms with Crippen LogP contribution in [0.5, 0.6) is 0 Å². The summed E-state index contributed by atoms with van der Waals surface area (Å²) in [5.74, 6) is 0. The van der Waals surface area contributed by atoms with E-state index in [1.165, 1.54) is 16.3 Å². The molecule has 9 aromatic carbocycles. The molecule has 0 unspecified atom stereocenters. The van der Waals surface area contributed by atoms with Crippen molar-refractivity contribution in [2.24, 2.45) is 0 Å². The molecule has 3 heteroatoms. The molecule has 2 heterocycles. The quantitative estimate of drug-likeness (QED) is 0.173. The minimum atomic E-state index is 0.868. The largest absolute Gasteiger partial charge is 0.456 e. The van der Waals surface area contributed by atoms with Crippen LogP contribution in [0.3, 0.4) is 0 Å². The molecular formula is C52H33NO2. The smallest absolute Gasteiger partial charge is 0.143 e. The Morgan fingerprint density at radius 2 is 0.909 bits per heavy atom. The van der Waals surface area contributed by atoms with Gasteiger partial charge in [0.05, 0.1) is 5.69 Å². The normalized spacial score (nSPS) is 11.6. The standard InChI is InChI=1S/C52H33NO2/c1-2-12-35(13-3-1)42-29-25-39(38-22-21-34-11-4-5-14-37(34)31-38)32-48(42)53(41-28-30-51-47(33-41)45-16-7-8-19-49(45)54-51)40-26-23-36(24-27-40)43-17-10-18-46-44-15-6-9-20-50(44)55-52(43)46/h1-33H. The summed E-state index contributed by atoms with van der Waals surface area (Å²) in [6, 6.07) is 71.2. The molecule has 0 amide bonds. The maximum absolute atomic E-state index is 6.45. The molecule has 0 atom stereocenters. The second kappa shape index (κ2) is 12.6. The molecule has 0 radical (unpaired) electrons. The highest BCUT2D eigenvalue weighted by Crippen LogP contribution is 2.45. The molecule has 0 spiro atoms. The van der Waals surface area contributed by atoms with E-state index in [0.29, 0.717) is 0 Å². The van der Waals surface area contributed by atoms with Gasteiger partial charge >= 0.3 is 0 Å². The number of furan rings is 2. The molecule has 0 N–H and O–H groups in total. The van der Waals surface area contributed by atoms with Gasteiger partial charge in [-0.2, -0.15) is 0 Å². The molecule has 3 nitrogen and oxygen atoms in total. The fourth-order valence-corrected chi connectivity index (χ4v) is 8.17. The lowest BCUT2D eigenvalue weighted by Crippen LogP contribution is -2.11. The van der Waals surface area contributed by atoms with E-state index in [4.69, 9.17) is 8.83 Å². The number of nitrogens with zero attached hydrogens (tertiary/aromatic N) is 1. The van der Waals surface area contributed by atoms with Crippen LogP contribution in [0.25, 0.3) is 88.0 Å². The predicted molar refractivity (Wildman–Crippen MR) is 229 cm³/mol. The van der Waals surface area contributed by atoms with Crippen LogP contribution in [0.1, 0.15) is 0 Å². The van der Waals surface area contributed by atoms with Gasteiger partial charge in [-0.3, -0.25) is 0 Å². The maximum Gasteiger partial charge on any atom is 0.143 e. The fourth-order valence-electron chi connectivity index (χ4n) is 8.17. The Morgan fingerprint density at radius 1 is 0.309 bits per heavy atom. The van der Waals surface area contributed by atoms with Gasteiger partial charge in [-0.15, -0.1) is 0 Å². The Kier molecular flexibility index (Phi) is 7.17. The summed E-state index contributed by atoms with van der Waals surface area (Å²) in [7, 11) is 0. The van der Waals surface area contributed by atoms with E-state index in [1.807, 2.05) is 24.3 Å². The Balaban J connectivity index is 1.13. The Morgan fingerprint density at radius 3 is 1.75 bits per heavy atom. The third-order valence-electron chi connectivity index (χ3n) is 10.9. The van der Waals surface area contributed by atoms with Gasteiger partial charge in [0.15, 0.2) is 0 Å². The summed E-state index contributed by atoms with van der Waals surface area (Å²) >= 11 is 0. The monoisotopic (exact) mass is 703 g/mol. The number of fused-ring (bicyclic) bond motifs is 7. The van der Waals surface area contributed by atoms with Gasteiger partial charge in [-0.1, -0.05) is 146 Å². The average molecular weight is 704 g/mol. The summed E-state index contributed by atoms with van der Waals surface area (Å²) < 4.78 is 12.7. The van der Waals surface area contributed by atoms with Crippen LogP contribution in [0.4, 0.5) is 17.1 Å². The van der Waals surface area contributed by atoms with Gasteiger partial charge in [0.25, 0.3) is 0 Å². The third kappa shape index (κ3) is 5.28. The fraction of sp³-hybridized carbons (Fsp3) is 0. The van der Waals surface area contributed by atoms with Crippen LogP contribution in [0, 0.1) is 0 Å². The second-order valence-electron chi connectivity index (χ2n) is 14.1. The third-order valence-corrected chi connectivity index (χ3v) is 10.9. The topological polar surface area (TPSA) is 29.5 Å². The van der Waals surface area contributed by atoms with Gasteiger partial charge in [-0.05, 0) is 87.6 Å². The highest BCUT2D eigenvalue weighted by molar-refractivity contribution is 6.10. The predicted octanol–water partition coefficient (Wildman–Crippen LogP) is 15.1. The molecule has 0 aliphatic carbocycles. The van der Waals surface area contributed by atoms with E-state index in [0.717, 1.165) is 88.8 Å². The van der Waals surface area contributed by atoms with E-state index in [9.17, 15) is 0 Å². The first kappa shape index (κ1) is 31.2. The summed E-state index contributed by atoms with van der Waals surface area (Å²) in [4.78, 5) is 2.39. The van der Waals surface area contributed by atoms with Crippen LogP contribution in [0.15, 0.2) is 209 Å². The Hall–Kier alpha value is -7.36. The van der Waals surface area contributed by atoms with Crippen molar-refractivity contribution in [3.8, 4) is 33.4 Å². The van der Waals surface area contributed by atoms with Crippen LogP contribution in [0.2, 0.25) is 0 Å². The number of benzene rings is 9. The number of hydrogen-bond acceptors (Lipinski definition) is 3. The number of anilines is 3. The number of hydrogen-bond donors (Lipinski definition) is 0. The summed E-state index contributed by atoms with van der Waals surface area (Å²) in [5, 5.41) is 6.88. The van der Waals surface area contributed by atoms with Gasteiger partial charge in [0.2, 0.25) is 0 Å². The van der Waals surface area contributed by atoms with E-state index >= 15 is 0 Å². The molecule has 11 aromatic rings. The summed E-state index contributed by atoms with van der Waals surface area (Å²) in [5.41, 5.74) is 13.5. The maximum atomic E-state index is 6.45. The SMILES string of the molecule is c1ccc(-c2ccc(-c3ccc4ccccc4c3)cc2N(c2ccc(-c3cccc4c3oc3ccccc34)cc2)c2ccc3oc4ccccc4c3c2)cc1. The molecule has 0 saturated carbocycles. The van der Waals surface area contributed by atoms with Crippen molar-refractivity contribution in [2.45, 2.75) is 0 Å². The highest BCUT2D eigenvalue weighted by Gasteiger charge is 2.21. The van der Waals surface area contributed by atoms with Crippen molar-refractivity contribution in [1.82, 2.24) is 0 Å². The molecule has 0 aliphatic rings. The van der Waals surface area contributed by atoms with Gasteiger partial charge in [0, 0.05) is 44.0 Å². The zero-order valence-electron chi connectivity index (χ0n) is 29.8. The van der Waals surface area contributed by atoms with Crippen molar-refractivity contribution >= 4 is 71.7 Å². The molecule has 258 valence electrons. The molecular weight excluding hydrogens is 671 g/mol. The van der Waals surface area contributed by atoms with Gasteiger partial charge < -0.3 is 13.7 Å². The van der Waals surface area contributed by atoms with Crippen molar-refractivity contribution in [2.75, 3.05) is 4.90 Å². The molecule has 0 aliphatic heterocycles. The molecule has 11 rings (SSSR count). The Labute approximate surface area is 317 Å². The lowest BCUT2D eigenvalue weighted by Gasteiger charge is -2.29. The van der Waals surface area contributed by atoms with Crippen molar-refractivity contribution in [3.05, 3.63) is 200 Å². The summed E-state index contributed by atoms with van der Waals surface area (Å²) in [6.45, 7) is 0. The van der Waals surface area contributed by atoms with Crippen LogP contribution < -0.4 is 4.90 Å². The molecule has 0 bridgehead atoms. The van der Waals surface area contributed by atoms with E-state index < -0.39 is 0 Å². The minimum absolute atomic E-state index is 0.868. The van der Waals surface area contributed by atoms with Crippen molar-refractivity contribution in [1.29, 1.82) is 0 Å². The first-order chi connectivity index (χ1) is 27.2. The average Bonchev–Trinajstić information content (AvgIpc) is 3.83. The molecule has 2 aromatic heterocycles. The van der Waals surface area contributed by atoms with Gasteiger partial charge in [0.1, 0.15) is 22.3 Å². The van der Waals surface area contributed by atoms with Crippen molar-refractivity contribution < 1.29 is 8.83 Å². The van der Waals surface area contributed by atoms with E-state index in [-0.39, 0.29) is 0 Å². The minimum Gasteiger partial charge on any atom is -0.456 e. The lowest BCUT2D eigenvalue weighted by atomic mass is 9.95. The first-order valence-electron chi connectivity index (χ1n) is 18.7. The molecule has 0 saturated heterocycles. The zero-order chi connectivity index (χ0) is 36.3. The van der Waals surface area contributed by atoms with Gasteiger partial charge in [-0.25, -0.2) is 0 Å².